The van der Waals surface area contributed by atoms with Gasteiger partial charge < -0.3 is 20.3 Å². The molecule has 0 spiro atoms. The van der Waals surface area contributed by atoms with Gasteiger partial charge in [0.1, 0.15) is 5.60 Å². The van der Waals surface area contributed by atoms with Crippen LogP contribution in [-0.4, -0.2) is 56.3 Å². The molecule has 0 heterocycles. The molecule has 0 aliphatic carbocycles. The highest BCUT2D eigenvalue weighted by atomic mass is 16.6. The first-order valence-electron chi connectivity index (χ1n) is 6.18. The average Bonchev–Trinajstić information content (AvgIpc) is 2.19. The van der Waals surface area contributed by atoms with Gasteiger partial charge in [0.15, 0.2) is 5.96 Å². The molecule has 0 aliphatic heterocycles. The lowest BCUT2D eigenvalue weighted by Gasteiger charge is -2.19. The van der Waals surface area contributed by atoms with Crippen molar-refractivity contribution in [2.24, 2.45) is 4.99 Å². The zero-order valence-electron chi connectivity index (χ0n) is 12.3. The minimum absolute atomic E-state index is 0.410. The van der Waals surface area contributed by atoms with Gasteiger partial charge in [-0.2, -0.15) is 0 Å². The van der Waals surface area contributed by atoms with E-state index in [0.717, 1.165) is 12.5 Å². The average molecular weight is 258 g/mol. The second-order valence-electron chi connectivity index (χ2n) is 5.06. The molecule has 2 N–H and O–H groups in total. The molecule has 0 aromatic carbocycles. The number of ether oxygens (including phenoxy) is 1. The lowest BCUT2D eigenvalue weighted by Crippen LogP contribution is -2.37. The van der Waals surface area contributed by atoms with E-state index < -0.39 is 11.7 Å². The zero-order valence-corrected chi connectivity index (χ0v) is 12.3. The number of hydrogen-bond acceptors (Lipinski definition) is 3. The Kier molecular flexibility index (Phi) is 7.16. The van der Waals surface area contributed by atoms with Crippen molar-refractivity contribution in [2.45, 2.75) is 33.3 Å². The fourth-order valence-corrected chi connectivity index (χ4v) is 1.15. The number of aliphatic imine (C=N–C) groups is 1. The summed E-state index contributed by atoms with van der Waals surface area (Å²) < 4.78 is 5.12. The smallest absolute Gasteiger partial charge is 0.407 e. The molecule has 18 heavy (non-hydrogen) atoms. The van der Waals surface area contributed by atoms with E-state index in [1.165, 1.54) is 0 Å². The molecule has 0 aromatic rings. The van der Waals surface area contributed by atoms with Gasteiger partial charge >= 0.3 is 6.09 Å². The maximum atomic E-state index is 11.4. The number of nitrogens with zero attached hydrogens (tertiary/aromatic N) is 2. The summed E-state index contributed by atoms with van der Waals surface area (Å²) in [6.45, 7) is 9.30. The third-order valence-corrected chi connectivity index (χ3v) is 1.80. The van der Waals surface area contributed by atoms with Crippen molar-refractivity contribution >= 4 is 12.1 Å². The van der Waals surface area contributed by atoms with Crippen molar-refractivity contribution in [1.29, 1.82) is 0 Å². The Labute approximate surface area is 110 Å². The summed E-state index contributed by atoms with van der Waals surface area (Å²) in [5, 5.41) is 5.80. The zero-order chi connectivity index (χ0) is 14.2. The third-order valence-electron chi connectivity index (χ3n) is 1.80. The molecule has 0 aliphatic rings. The van der Waals surface area contributed by atoms with Crippen LogP contribution in [0.15, 0.2) is 4.99 Å². The van der Waals surface area contributed by atoms with Gasteiger partial charge in [0.25, 0.3) is 0 Å². The van der Waals surface area contributed by atoms with Crippen molar-refractivity contribution < 1.29 is 9.53 Å². The van der Waals surface area contributed by atoms with Crippen LogP contribution in [0.5, 0.6) is 0 Å². The van der Waals surface area contributed by atoms with E-state index in [2.05, 4.69) is 15.6 Å². The monoisotopic (exact) mass is 258 g/mol. The van der Waals surface area contributed by atoms with Crippen LogP contribution in [0, 0.1) is 0 Å². The normalized spacial score (nSPS) is 12.0. The fraction of sp³-hybridized carbons (Fsp3) is 0.833. The SMILES string of the molecule is CCNC(=NCCNC(=O)OC(C)(C)C)N(C)C. The highest BCUT2D eigenvalue weighted by Gasteiger charge is 2.15. The molecule has 6 heteroatoms. The molecule has 0 saturated heterocycles. The van der Waals surface area contributed by atoms with Gasteiger partial charge in [-0.3, -0.25) is 4.99 Å². The number of rotatable bonds is 4. The summed E-state index contributed by atoms with van der Waals surface area (Å²) in [5.74, 6) is 0.809. The second-order valence-corrected chi connectivity index (χ2v) is 5.06. The molecule has 1 amide bonds. The van der Waals surface area contributed by atoms with E-state index in [4.69, 9.17) is 4.74 Å². The van der Waals surface area contributed by atoms with Gasteiger partial charge in [-0.1, -0.05) is 0 Å². The fourth-order valence-electron chi connectivity index (χ4n) is 1.15. The maximum absolute atomic E-state index is 11.4. The second kappa shape index (κ2) is 7.79. The molecule has 0 fully saturated rings. The first-order chi connectivity index (χ1) is 8.26. The Morgan fingerprint density at radius 2 is 1.89 bits per heavy atom. The summed E-state index contributed by atoms with van der Waals surface area (Å²) in [4.78, 5) is 17.6. The van der Waals surface area contributed by atoms with Crippen LogP contribution in [0.3, 0.4) is 0 Å². The van der Waals surface area contributed by atoms with Gasteiger partial charge in [0.05, 0.1) is 6.54 Å². The van der Waals surface area contributed by atoms with Crippen LogP contribution in [-0.2, 0) is 4.74 Å². The summed E-state index contributed by atoms with van der Waals surface area (Å²) in [6, 6.07) is 0. The topological polar surface area (TPSA) is 66.0 Å². The number of hydrogen-bond donors (Lipinski definition) is 2. The molecule has 0 aromatic heterocycles. The van der Waals surface area contributed by atoms with Crippen LogP contribution in [0.4, 0.5) is 4.79 Å². The lowest BCUT2D eigenvalue weighted by molar-refractivity contribution is 0.0529. The van der Waals surface area contributed by atoms with Crippen LogP contribution < -0.4 is 10.6 Å². The maximum Gasteiger partial charge on any atom is 0.407 e. The molecule has 106 valence electrons. The molecule has 0 atom stereocenters. The van der Waals surface area contributed by atoms with E-state index in [1.807, 2.05) is 46.7 Å². The van der Waals surface area contributed by atoms with Crippen molar-refractivity contribution in [1.82, 2.24) is 15.5 Å². The standard InChI is InChI=1S/C12H26N4O2/c1-7-13-10(16(5)6)14-8-9-15-11(17)18-12(2,3)4/h7-9H2,1-6H3,(H,13,14)(H,15,17). The van der Waals surface area contributed by atoms with Gasteiger partial charge in [-0.25, -0.2) is 4.79 Å². The Balaban J connectivity index is 3.96. The molecule has 6 nitrogen and oxygen atoms in total. The van der Waals surface area contributed by atoms with Crippen molar-refractivity contribution in [2.75, 3.05) is 33.7 Å². The van der Waals surface area contributed by atoms with E-state index in [9.17, 15) is 4.79 Å². The van der Waals surface area contributed by atoms with E-state index in [1.54, 1.807) is 0 Å². The Hall–Kier alpha value is -1.46. The minimum Gasteiger partial charge on any atom is -0.444 e. The molecule has 0 saturated carbocycles. The number of carbonyl (C=O) groups excluding carboxylic acids is 1. The summed E-state index contributed by atoms with van der Waals surface area (Å²) >= 11 is 0. The van der Waals surface area contributed by atoms with Gasteiger partial charge in [0.2, 0.25) is 0 Å². The predicted octanol–water partition coefficient (Wildman–Crippen LogP) is 1.04. The predicted molar refractivity (Wildman–Crippen MR) is 73.9 cm³/mol. The third kappa shape index (κ3) is 8.66. The van der Waals surface area contributed by atoms with Crippen LogP contribution in [0.1, 0.15) is 27.7 Å². The van der Waals surface area contributed by atoms with Crippen LogP contribution in [0.2, 0.25) is 0 Å². The Morgan fingerprint density at radius 3 is 2.33 bits per heavy atom. The van der Waals surface area contributed by atoms with E-state index >= 15 is 0 Å². The number of guanidine groups is 1. The number of nitrogens with one attached hydrogen (secondary N) is 2. The molecular weight excluding hydrogens is 232 g/mol. The molecular formula is C12H26N4O2. The number of carbonyl (C=O) groups is 1. The van der Waals surface area contributed by atoms with Gasteiger partial charge in [-0.15, -0.1) is 0 Å². The van der Waals surface area contributed by atoms with Crippen LogP contribution in [0.25, 0.3) is 0 Å². The summed E-state index contributed by atoms with van der Waals surface area (Å²) in [5.41, 5.74) is -0.466. The molecule has 0 radical (unpaired) electrons. The largest absolute Gasteiger partial charge is 0.444 e. The molecule has 0 rings (SSSR count). The Bertz CT molecular complexity index is 282. The first-order valence-corrected chi connectivity index (χ1v) is 6.18. The van der Waals surface area contributed by atoms with Crippen molar-refractivity contribution in [3.63, 3.8) is 0 Å². The molecule has 0 bridgehead atoms. The quantitative estimate of drug-likeness (QED) is 0.449. The van der Waals surface area contributed by atoms with Gasteiger partial charge in [-0.05, 0) is 27.7 Å². The Morgan fingerprint density at radius 1 is 1.28 bits per heavy atom. The first kappa shape index (κ1) is 16.5. The number of amides is 1. The number of alkyl carbamates (subject to hydrolysis) is 1. The van der Waals surface area contributed by atoms with E-state index in [0.29, 0.717) is 13.1 Å². The summed E-state index contributed by atoms with van der Waals surface area (Å²) in [6.07, 6.45) is -0.410. The van der Waals surface area contributed by atoms with Crippen LogP contribution >= 0.6 is 0 Å². The highest BCUT2D eigenvalue weighted by molar-refractivity contribution is 5.79. The van der Waals surface area contributed by atoms with Gasteiger partial charge in [0, 0.05) is 27.2 Å². The van der Waals surface area contributed by atoms with E-state index in [-0.39, 0.29) is 0 Å². The molecule has 0 unspecified atom stereocenters. The van der Waals surface area contributed by atoms with Crippen molar-refractivity contribution in [3.05, 3.63) is 0 Å². The lowest BCUT2D eigenvalue weighted by atomic mass is 10.2. The minimum atomic E-state index is -0.466. The van der Waals surface area contributed by atoms with Crippen molar-refractivity contribution in [3.8, 4) is 0 Å². The highest BCUT2D eigenvalue weighted by Crippen LogP contribution is 2.05. The summed E-state index contributed by atoms with van der Waals surface area (Å²) in [7, 11) is 3.84.